The van der Waals surface area contributed by atoms with Crippen molar-refractivity contribution in [2.24, 2.45) is 0 Å². The van der Waals surface area contributed by atoms with Crippen molar-refractivity contribution in [3.8, 4) is 0 Å². The smallest absolute Gasteiger partial charge is 0.0749 e. The summed E-state index contributed by atoms with van der Waals surface area (Å²) in [4.78, 5) is 0. The van der Waals surface area contributed by atoms with E-state index in [1.54, 1.807) is 39.3 Å². The predicted molar refractivity (Wildman–Crippen MR) is 66.2 cm³/mol. The Labute approximate surface area is 88.7 Å². The van der Waals surface area contributed by atoms with Crippen molar-refractivity contribution in [3.63, 3.8) is 0 Å². The molecule has 0 heterocycles. The summed E-state index contributed by atoms with van der Waals surface area (Å²) >= 11 is 5.38. The van der Waals surface area contributed by atoms with Crippen molar-refractivity contribution in [3.05, 3.63) is 0 Å². The summed E-state index contributed by atoms with van der Waals surface area (Å²) in [6.07, 6.45) is 0. The molecule has 0 aliphatic carbocycles. The fourth-order valence-corrected chi connectivity index (χ4v) is 10.4. The quantitative estimate of drug-likeness (QED) is 0.305. The van der Waals surface area contributed by atoms with Gasteiger partial charge in [0.05, 0.1) is 17.7 Å². The zero-order valence-electron chi connectivity index (χ0n) is 5.01. The van der Waals surface area contributed by atoms with Crippen LogP contribution in [0.15, 0.2) is 0 Å². The molecule has 0 saturated heterocycles. The average Bonchev–Trinajstić information content (AvgIpc) is 1.97. The van der Waals surface area contributed by atoms with E-state index < -0.39 is 0 Å². The van der Waals surface area contributed by atoms with Gasteiger partial charge in [0.1, 0.15) is 0 Å². The van der Waals surface area contributed by atoms with E-state index in [1.165, 1.54) is 20.9 Å². The van der Waals surface area contributed by atoms with Crippen LogP contribution in [0.5, 0.6) is 0 Å². The monoisotopic (exact) mass is 270 g/mol. The molecular formula is C2H6OS7. The summed E-state index contributed by atoms with van der Waals surface area (Å²) in [7, 11) is 8.08. The molecule has 0 atom stereocenters. The lowest BCUT2D eigenvalue weighted by Crippen LogP contribution is -1.69. The molecule has 0 rings (SSSR count). The van der Waals surface area contributed by atoms with E-state index in [4.69, 9.17) is 4.18 Å². The Morgan fingerprint density at radius 3 is 2.50 bits per heavy atom. The largest absolute Gasteiger partial charge is 0.305 e. The third kappa shape index (κ3) is 10.4. The van der Waals surface area contributed by atoms with Gasteiger partial charge in [0, 0.05) is 29.5 Å². The fraction of sp³-hybridized carbons (Fsp3) is 1.00. The third-order valence-corrected chi connectivity index (χ3v) is 10.8. The number of hydrogen-bond acceptors (Lipinski definition) is 8. The highest BCUT2D eigenvalue weighted by molar-refractivity contribution is 9.45. The van der Waals surface area contributed by atoms with Crippen LogP contribution in [0.25, 0.3) is 0 Å². The minimum atomic E-state index is 0.761. The summed E-state index contributed by atoms with van der Waals surface area (Å²) < 4.78 is 5.02. The molecule has 62 valence electrons. The highest BCUT2D eigenvalue weighted by Crippen LogP contribution is 2.53. The van der Waals surface area contributed by atoms with Gasteiger partial charge in [0.2, 0.25) is 0 Å². The third-order valence-electron chi connectivity index (χ3n) is 0.308. The maximum absolute atomic E-state index is 5.02. The first-order valence-electron chi connectivity index (χ1n) is 2.18. The van der Waals surface area contributed by atoms with E-state index in [0.717, 1.165) is 6.61 Å². The van der Waals surface area contributed by atoms with Gasteiger partial charge in [-0.05, 0) is 26.6 Å². The van der Waals surface area contributed by atoms with Crippen LogP contribution in [0.2, 0.25) is 0 Å². The normalized spacial score (nSPS) is 10.2. The molecular weight excluding hydrogens is 264 g/mol. The minimum absolute atomic E-state index is 0.761. The van der Waals surface area contributed by atoms with Gasteiger partial charge < -0.3 is 4.18 Å². The van der Waals surface area contributed by atoms with E-state index in [-0.39, 0.29) is 0 Å². The number of hydrogen-bond donors (Lipinski definition) is 1. The molecule has 1 nitrogen and oxygen atoms in total. The first kappa shape index (κ1) is 12.4. The second kappa shape index (κ2) is 11.4. The average molecular weight is 271 g/mol. The molecule has 0 bridgehead atoms. The van der Waals surface area contributed by atoms with Crippen LogP contribution in [-0.2, 0) is 4.18 Å². The Hall–Kier alpha value is 2.41. The van der Waals surface area contributed by atoms with Crippen LogP contribution in [0.4, 0.5) is 0 Å². The zero-order chi connectivity index (χ0) is 7.66. The lowest BCUT2D eigenvalue weighted by Gasteiger charge is -1.94. The van der Waals surface area contributed by atoms with Crippen LogP contribution >= 0.6 is 71.9 Å². The Morgan fingerprint density at radius 1 is 1.20 bits per heavy atom. The van der Waals surface area contributed by atoms with E-state index in [0.29, 0.717) is 0 Å². The van der Waals surface area contributed by atoms with Crippen LogP contribution in [0.3, 0.4) is 0 Å². The van der Waals surface area contributed by atoms with Gasteiger partial charge in [0.15, 0.2) is 0 Å². The van der Waals surface area contributed by atoms with Gasteiger partial charge in [-0.25, -0.2) is 0 Å². The summed E-state index contributed by atoms with van der Waals surface area (Å²) in [6.45, 7) is 2.74. The Morgan fingerprint density at radius 2 is 1.90 bits per heavy atom. The molecule has 0 saturated carbocycles. The maximum atomic E-state index is 5.02. The SMILES string of the molecule is CCOSSSSSSS. The van der Waals surface area contributed by atoms with Crippen LogP contribution in [-0.4, -0.2) is 6.61 Å². The van der Waals surface area contributed by atoms with E-state index in [9.17, 15) is 0 Å². The van der Waals surface area contributed by atoms with Crippen molar-refractivity contribution in [2.75, 3.05) is 6.61 Å². The van der Waals surface area contributed by atoms with Gasteiger partial charge in [0.25, 0.3) is 0 Å². The highest BCUT2D eigenvalue weighted by atomic mass is 33.9. The van der Waals surface area contributed by atoms with E-state index >= 15 is 0 Å². The molecule has 0 fully saturated rings. The van der Waals surface area contributed by atoms with E-state index in [2.05, 4.69) is 11.7 Å². The van der Waals surface area contributed by atoms with Crippen molar-refractivity contribution in [1.82, 2.24) is 0 Å². The van der Waals surface area contributed by atoms with Gasteiger partial charge in [-0.2, -0.15) is 0 Å². The van der Waals surface area contributed by atoms with E-state index in [1.807, 2.05) is 6.92 Å². The molecule has 0 aromatic heterocycles. The Bertz CT molecular complexity index is 51.6. The van der Waals surface area contributed by atoms with Crippen molar-refractivity contribution >= 4 is 71.9 Å². The molecule has 0 amide bonds. The summed E-state index contributed by atoms with van der Waals surface area (Å²) in [5, 5.41) is 0. The molecule has 0 aliphatic rings. The topological polar surface area (TPSA) is 9.23 Å². The van der Waals surface area contributed by atoms with Crippen molar-refractivity contribution < 1.29 is 4.18 Å². The minimum Gasteiger partial charge on any atom is -0.305 e. The van der Waals surface area contributed by atoms with Crippen molar-refractivity contribution in [1.29, 1.82) is 0 Å². The van der Waals surface area contributed by atoms with Crippen molar-refractivity contribution in [2.45, 2.75) is 6.92 Å². The Balaban J connectivity index is 2.65. The van der Waals surface area contributed by atoms with Crippen LogP contribution in [0, 0.1) is 0 Å². The molecule has 0 aromatic carbocycles. The molecule has 0 spiro atoms. The van der Waals surface area contributed by atoms with Gasteiger partial charge in [-0.15, -0.1) is 0 Å². The standard InChI is InChI=1S/C2H6OS7/c1-2-3-5-7-9-10-8-6-4/h4H,2H2,1H3. The summed E-state index contributed by atoms with van der Waals surface area (Å²) in [5.41, 5.74) is 0. The predicted octanol–water partition coefficient (Wildman–Crippen LogP) is 4.76. The summed E-state index contributed by atoms with van der Waals surface area (Å²) in [6, 6.07) is 0. The molecule has 0 unspecified atom stereocenters. The highest BCUT2D eigenvalue weighted by Gasteiger charge is 1.91. The number of rotatable bonds is 7. The fourth-order valence-electron chi connectivity index (χ4n) is 0.114. The van der Waals surface area contributed by atoms with Gasteiger partial charge in [-0.3, -0.25) is 0 Å². The molecule has 0 N–H and O–H groups in total. The second-order valence-electron chi connectivity index (χ2n) is 0.821. The molecule has 10 heavy (non-hydrogen) atoms. The Kier molecular flexibility index (Phi) is 14.2. The van der Waals surface area contributed by atoms with Gasteiger partial charge in [-0.1, -0.05) is 11.7 Å². The second-order valence-corrected chi connectivity index (χ2v) is 10.6. The number of thiol groups is 1. The van der Waals surface area contributed by atoms with Crippen LogP contribution < -0.4 is 0 Å². The lowest BCUT2D eigenvalue weighted by molar-refractivity contribution is 0.408. The zero-order valence-corrected chi connectivity index (χ0v) is 10.8. The molecule has 0 aromatic rings. The lowest BCUT2D eigenvalue weighted by atomic mass is 10.9. The first-order valence-corrected chi connectivity index (χ1v) is 10.6. The maximum Gasteiger partial charge on any atom is 0.0749 e. The molecule has 0 radical (unpaired) electrons. The first-order chi connectivity index (χ1) is 4.91. The van der Waals surface area contributed by atoms with Gasteiger partial charge >= 0.3 is 0 Å². The molecule has 8 heteroatoms. The van der Waals surface area contributed by atoms with Crippen LogP contribution in [0.1, 0.15) is 6.92 Å². The molecule has 0 aliphatic heterocycles. The summed E-state index contributed by atoms with van der Waals surface area (Å²) in [5.74, 6) is 0.